The van der Waals surface area contributed by atoms with Gasteiger partial charge in [0.1, 0.15) is 17.6 Å². The minimum Gasteiger partial charge on any atom is -0.481 e. The molecule has 0 heterocycles. The highest BCUT2D eigenvalue weighted by molar-refractivity contribution is 5.80. The number of carbonyl (C=O) groups excluding carboxylic acids is 2. The Hall–Kier alpha value is -2.12. The van der Waals surface area contributed by atoms with Crippen molar-refractivity contribution in [1.82, 2.24) is 0 Å². The van der Waals surface area contributed by atoms with E-state index in [-0.39, 0.29) is 12.8 Å². The van der Waals surface area contributed by atoms with Crippen molar-refractivity contribution in [2.75, 3.05) is 0 Å². The van der Waals surface area contributed by atoms with E-state index in [0.29, 0.717) is 12.8 Å². The van der Waals surface area contributed by atoms with Gasteiger partial charge in [0.2, 0.25) is 0 Å². The molecule has 0 radical (unpaired) electrons. The summed E-state index contributed by atoms with van der Waals surface area (Å²) in [7, 11) is 0. The Bertz CT molecular complexity index is 650. The standard InChI is InChI=1S/C26H46O8/c1-18(33-22(31)24(3,4)5)26(21(29)30,19(2)34-23(32)25(6,7)8)17-15-13-11-9-10-12-14-16-20(27)28/h18-19H,9-17H2,1-8H3,(H,27,28)(H,29,30). The number of rotatable bonds is 15. The highest BCUT2D eigenvalue weighted by Crippen LogP contribution is 2.39. The number of carbonyl (C=O) groups is 4. The number of hydrogen-bond donors (Lipinski definition) is 2. The first kappa shape index (κ1) is 31.9. The molecule has 2 unspecified atom stereocenters. The second-order valence-corrected chi connectivity index (χ2v) is 11.3. The molecule has 0 amide bonds. The van der Waals surface area contributed by atoms with Crippen molar-refractivity contribution < 1.29 is 38.9 Å². The Balaban J connectivity index is 5.37. The predicted molar refractivity (Wildman–Crippen MR) is 129 cm³/mol. The fourth-order valence-corrected chi connectivity index (χ4v) is 3.65. The van der Waals surface area contributed by atoms with E-state index in [4.69, 9.17) is 14.6 Å². The lowest BCUT2D eigenvalue weighted by molar-refractivity contribution is -0.193. The summed E-state index contributed by atoms with van der Waals surface area (Å²) in [6.07, 6.45) is 3.95. The second-order valence-electron chi connectivity index (χ2n) is 11.3. The molecule has 0 aromatic carbocycles. The zero-order valence-electron chi connectivity index (χ0n) is 22.4. The van der Waals surface area contributed by atoms with Gasteiger partial charge in [-0.3, -0.25) is 19.2 Å². The summed E-state index contributed by atoms with van der Waals surface area (Å²) >= 11 is 0. The van der Waals surface area contributed by atoms with E-state index < -0.39 is 52.3 Å². The maximum atomic E-state index is 12.6. The van der Waals surface area contributed by atoms with E-state index in [1.165, 1.54) is 0 Å². The van der Waals surface area contributed by atoms with E-state index >= 15 is 0 Å². The Labute approximate surface area is 204 Å². The minimum absolute atomic E-state index is 0.178. The molecule has 0 aromatic rings. The van der Waals surface area contributed by atoms with Crippen LogP contribution in [0.3, 0.4) is 0 Å². The Kier molecular flexibility index (Phi) is 12.8. The lowest BCUT2D eigenvalue weighted by Crippen LogP contribution is -2.53. The van der Waals surface area contributed by atoms with Crippen molar-refractivity contribution in [1.29, 1.82) is 0 Å². The van der Waals surface area contributed by atoms with E-state index in [1.807, 2.05) is 0 Å². The van der Waals surface area contributed by atoms with Gasteiger partial charge in [0.25, 0.3) is 0 Å². The number of carboxylic acid groups (broad SMARTS) is 2. The lowest BCUT2D eigenvalue weighted by Gasteiger charge is -2.40. The maximum Gasteiger partial charge on any atom is 0.317 e. The maximum absolute atomic E-state index is 12.6. The molecule has 8 nitrogen and oxygen atoms in total. The van der Waals surface area contributed by atoms with Crippen LogP contribution in [0.1, 0.15) is 113 Å². The van der Waals surface area contributed by atoms with Gasteiger partial charge in [-0.25, -0.2) is 0 Å². The molecule has 8 heteroatoms. The van der Waals surface area contributed by atoms with Crippen molar-refractivity contribution in [2.24, 2.45) is 16.2 Å². The summed E-state index contributed by atoms with van der Waals surface area (Å²) in [5.74, 6) is -2.97. The van der Waals surface area contributed by atoms with Gasteiger partial charge in [-0.15, -0.1) is 0 Å². The normalized spacial score (nSPS) is 15.6. The summed E-state index contributed by atoms with van der Waals surface area (Å²) in [5.41, 5.74) is -3.18. The molecule has 198 valence electrons. The smallest absolute Gasteiger partial charge is 0.317 e. The van der Waals surface area contributed by atoms with Crippen LogP contribution in [0.4, 0.5) is 0 Å². The van der Waals surface area contributed by atoms with Crippen LogP contribution in [0.25, 0.3) is 0 Å². The third-order valence-corrected chi connectivity index (χ3v) is 6.12. The van der Waals surface area contributed by atoms with Crippen molar-refractivity contribution in [3.8, 4) is 0 Å². The van der Waals surface area contributed by atoms with Crippen molar-refractivity contribution in [2.45, 2.75) is 125 Å². The number of esters is 2. The number of carboxylic acids is 2. The molecule has 0 aliphatic carbocycles. The van der Waals surface area contributed by atoms with Gasteiger partial charge in [-0.05, 0) is 68.2 Å². The molecule has 0 aliphatic rings. The summed E-state index contributed by atoms with van der Waals surface area (Å²) in [6.45, 7) is 13.3. The molecule has 0 spiro atoms. The van der Waals surface area contributed by atoms with Crippen molar-refractivity contribution in [3.05, 3.63) is 0 Å². The van der Waals surface area contributed by atoms with Gasteiger partial charge in [0, 0.05) is 6.42 Å². The fourth-order valence-electron chi connectivity index (χ4n) is 3.65. The average molecular weight is 487 g/mol. The zero-order chi connectivity index (χ0) is 26.7. The SMILES string of the molecule is CC(OC(=O)C(C)(C)C)C(CCCCCCCCCC(=O)O)(C(=O)O)C(C)OC(=O)C(C)(C)C. The van der Waals surface area contributed by atoms with Crippen LogP contribution in [0, 0.1) is 16.2 Å². The first-order chi connectivity index (χ1) is 15.5. The molecule has 0 saturated heterocycles. The molecular formula is C26H46O8. The van der Waals surface area contributed by atoms with Gasteiger partial charge in [0.05, 0.1) is 10.8 Å². The van der Waals surface area contributed by atoms with Crippen LogP contribution >= 0.6 is 0 Å². The molecule has 0 bridgehead atoms. The molecule has 34 heavy (non-hydrogen) atoms. The largest absolute Gasteiger partial charge is 0.481 e. The molecule has 2 atom stereocenters. The number of unbranched alkanes of at least 4 members (excludes halogenated alkanes) is 6. The molecule has 0 rings (SSSR count). The Morgan fingerprint density at radius 2 is 1.00 bits per heavy atom. The third-order valence-electron chi connectivity index (χ3n) is 6.12. The summed E-state index contributed by atoms with van der Waals surface area (Å²) in [4.78, 5) is 48.3. The van der Waals surface area contributed by atoms with Crippen LogP contribution in [0.5, 0.6) is 0 Å². The van der Waals surface area contributed by atoms with Crippen LogP contribution in [0.15, 0.2) is 0 Å². The van der Waals surface area contributed by atoms with Crippen LogP contribution in [-0.4, -0.2) is 46.3 Å². The predicted octanol–water partition coefficient (Wildman–Crippen LogP) is 5.61. The first-order valence-corrected chi connectivity index (χ1v) is 12.3. The number of hydrogen-bond acceptors (Lipinski definition) is 6. The monoisotopic (exact) mass is 486 g/mol. The third kappa shape index (κ3) is 10.4. The first-order valence-electron chi connectivity index (χ1n) is 12.3. The van der Waals surface area contributed by atoms with Crippen LogP contribution in [0.2, 0.25) is 0 Å². The topological polar surface area (TPSA) is 127 Å². The van der Waals surface area contributed by atoms with Gasteiger partial charge < -0.3 is 19.7 Å². The van der Waals surface area contributed by atoms with E-state index in [0.717, 1.165) is 32.1 Å². The number of aliphatic carboxylic acids is 2. The van der Waals surface area contributed by atoms with Crippen molar-refractivity contribution in [3.63, 3.8) is 0 Å². The van der Waals surface area contributed by atoms with Gasteiger partial charge in [-0.1, -0.05) is 38.5 Å². The zero-order valence-corrected chi connectivity index (χ0v) is 22.4. The lowest BCUT2D eigenvalue weighted by atomic mass is 9.73. The number of ether oxygens (including phenoxy) is 2. The van der Waals surface area contributed by atoms with Crippen LogP contribution < -0.4 is 0 Å². The van der Waals surface area contributed by atoms with Gasteiger partial charge in [-0.2, -0.15) is 0 Å². The summed E-state index contributed by atoms with van der Waals surface area (Å²) < 4.78 is 11.2. The van der Waals surface area contributed by atoms with Gasteiger partial charge in [0.15, 0.2) is 0 Å². The summed E-state index contributed by atoms with van der Waals surface area (Å²) in [5, 5.41) is 19.0. The average Bonchev–Trinajstić information content (AvgIpc) is 2.67. The molecule has 0 aliphatic heterocycles. The highest BCUT2D eigenvalue weighted by atomic mass is 16.6. The molecule has 0 aromatic heterocycles. The molecule has 2 N–H and O–H groups in total. The van der Waals surface area contributed by atoms with E-state index in [1.54, 1.807) is 55.4 Å². The molecular weight excluding hydrogens is 440 g/mol. The Morgan fingerprint density at radius 1 is 0.647 bits per heavy atom. The fraction of sp³-hybridized carbons (Fsp3) is 0.846. The Morgan fingerprint density at radius 3 is 1.32 bits per heavy atom. The molecule has 0 fully saturated rings. The van der Waals surface area contributed by atoms with Gasteiger partial charge >= 0.3 is 23.9 Å². The van der Waals surface area contributed by atoms with E-state index in [2.05, 4.69) is 0 Å². The summed E-state index contributed by atoms with van der Waals surface area (Å²) in [6, 6.07) is 0. The quantitative estimate of drug-likeness (QED) is 0.226. The highest BCUT2D eigenvalue weighted by Gasteiger charge is 2.53. The van der Waals surface area contributed by atoms with Crippen molar-refractivity contribution >= 4 is 23.9 Å². The minimum atomic E-state index is -1.58. The molecule has 0 saturated carbocycles. The second kappa shape index (κ2) is 13.7. The van der Waals surface area contributed by atoms with Crippen LogP contribution in [-0.2, 0) is 28.7 Å². The van der Waals surface area contributed by atoms with E-state index in [9.17, 15) is 24.3 Å².